The Bertz CT molecular complexity index is 1450. The summed E-state index contributed by atoms with van der Waals surface area (Å²) >= 11 is 5.94. The Balaban J connectivity index is 1.12. The van der Waals surface area contributed by atoms with Crippen molar-refractivity contribution in [1.29, 1.82) is 0 Å². The minimum absolute atomic E-state index is 0.0876. The third-order valence-corrected chi connectivity index (χ3v) is 6.85. The van der Waals surface area contributed by atoms with Crippen molar-refractivity contribution in [2.75, 3.05) is 36.4 Å². The number of nitrogens with zero attached hydrogens (tertiary/aromatic N) is 2. The summed E-state index contributed by atoms with van der Waals surface area (Å²) < 4.78 is 5.81. The second-order valence-electron chi connectivity index (χ2n) is 9.17. The summed E-state index contributed by atoms with van der Waals surface area (Å²) in [5, 5.41) is 3.54. The number of halogens is 1. The summed E-state index contributed by atoms with van der Waals surface area (Å²) in [7, 11) is 0. The van der Waals surface area contributed by atoms with E-state index in [2.05, 4.69) is 10.2 Å². The minimum atomic E-state index is -0.245. The maximum atomic E-state index is 12.9. The molecule has 0 atom stereocenters. The van der Waals surface area contributed by atoms with Gasteiger partial charge in [-0.1, -0.05) is 29.8 Å². The van der Waals surface area contributed by atoms with Gasteiger partial charge in [-0.05, 0) is 85.3 Å². The number of carbonyl (C=O) groups is 2. The molecule has 38 heavy (non-hydrogen) atoms. The zero-order valence-corrected chi connectivity index (χ0v) is 21.8. The number of hydrogen-bond donors (Lipinski definition) is 1. The lowest BCUT2D eigenvalue weighted by Gasteiger charge is -2.36. The number of anilines is 2. The highest BCUT2D eigenvalue weighted by molar-refractivity contribution is 6.30. The van der Waals surface area contributed by atoms with Gasteiger partial charge in [0.1, 0.15) is 11.5 Å². The average molecular weight is 526 g/mol. The van der Waals surface area contributed by atoms with Crippen molar-refractivity contribution in [2.24, 2.45) is 0 Å². The number of aryl methyl sites for hydroxylation is 1. The molecule has 0 unspecified atom stereocenters. The molecule has 5 rings (SSSR count). The van der Waals surface area contributed by atoms with E-state index in [9.17, 15) is 9.59 Å². The number of furan rings is 1. The van der Waals surface area contributed by atoms with E-state index in [1.165, 1.54) is 6.08 Å². The molecule has 0 aliphatic carbocycles. The van der Waals surface area contributed by atoms with E-state index in [0.29, 0.717) is 35.3 Å². The number of rotatable bonds is 6. The van der Waals surface area contributed by atoms with Crippen molar-refractivity contribution < 1.29 is 14.0 Å². The lowest BCUT2D eigenvalue weighted by Crippen LogP contribution is -2.48. The van der Waals surface area contributed by atoms with E-state index in [1.807, 2.05) is 84.6 Å². The summed E-state index contributed by atoms with van der Waals surface area (Å²) in [5.41, 5.74) is 4.45. The second-order valence-corrected chi connectivity index (χ2v) is 9.61. The summed E-state index contributed by atoms with van der Waals surface area (Å²) in [4.78, 5) is 29.5. The Morgan fingerprint density at radius 2 is 1.58 bits per heavy atom. The maximum absolute atomic E-state index is 12.9. The van der Waals surface area contributed by atoms with Crippen molar-refractivity contribution >= 4 is 40.9 Å². The predicted octanol–water partition coefficient (Wildman–Crippen LogP) is 6.52. The molecular weight excluding hydrogens is 498 g/mol. The molecule has 0 bridgehead atoms. The predicted molar refractivity (Wildman–Crippen MR) is 153 cm³/mol. The molecule has 1 saturated heterocycles. The minimum Gasteiger partial charge on any atom is -0.457 e. The number of carbonyl (C=O) groups excluding carboxylic acids is 2. The van der Waals surface area contributed by atoms with E-state index < -0.39 is 0 Å². The first-order valence-corrected chi connectivity index (χ1v) is 12.9. The van der Waals surface area contributed by atoms with Gasteiger partial charge in [0.25, 0.3) is 5.91 Å². The molecule has 2 heterocycles. The Kier molecular flexibility index (Phi) is 7.61. The highest BCUT2D eigenvalue weighted by Crippen LogP contribution is 2.25. The molecule has 3 aromatic carbocycles. The van der Waals surface area contributed by atoms with Crippen molar-refractivity contribution in [1.82, 2.24) is 4.90 Å². The van der Waals surface area contributed by atoms with E-state index in [-0.39, 0.29) is 11.8 Å². The fourth-order valence-corrected chi connectivity index (χ4v) is 4.59. The molecule has 1 aliphatic heterocycles. The Morgan fingerprint density at radius 3 is 2.29 bits per heavy atom. The smallest absolute Gasteiger partial charge is 0.254 e. The number of piperazine rings is 1. The largest absolute Gasteiger partial charge is 0.457 e. The average Bonchev–Trinajstić information content (AvgIpc) is 3.42. The van der Waals surface area contributed by atoms with Crippen LogP contribution in [0.5, 0.6) is 0 Å². The molecule has 7 heteroatoms. The van der Waals surface area contributed by atoms with Crippen LogP contribution in [-0.4, -0.2) is 42.9 Å². The first-order valence-electron chi connectivity index (χ1n) is 12.5. The van der Waals surface area contributed by atoms with Gasteiger partial charge in [-0.25, -0.2) is 0 Å². The summed E-state index contributed by atoms with van der Waals surface area (Å²) in [6.07, 6.45) is 3.09. The molecule has 1 N–H and O–H groups in total. The maximum Gasteiger partial charge on any atom is 0.254 e. The molecule has 1 fully saturated rings. The van der Waals surface area contributed by atoms with Crippen LogP contribution >= 0.6 is 11.6 Å². The van der Waals surface area contributed by atoms with Gasteiger partial charge in [-0.3, -0.25) is 9.59 Å². The van der Waals surface area contributed by atoms with Crippen LogP contribution in [0, 0.1) is 6.92 Å². The molecule has 6 nitrogen and oxygen atoms in total. The molecule has 192 valence electrons. The summed E-state index contributed by atoms with van der Waals surface area (Å²) in [6, 6.07) is 26.5. The van der Waals surface area contributed by atoms with Gasteiger partial charge in [-0.2, -0.15) is 0 Å². The quantitative estimate of drug-likeness (QED) is 0.291. The highest BCUT2D eigenvalue weighted by Gasteiger charge is 2.23. The first-order chi connectivity index (χ1) is 18.5. The fraction of sp³-hybridized carbons (Fsp3) is 0.161. The van der Waals surface area contributed by atoms with E-state index in [4.69, 9.17) is 16.0 Å². The van der Waals surface area contributed by atoms with Gasteiger partial charge >= 0.3 is 0 Å². The Hall–Kier alpha value is -4.29. The van der Waals surface area contributed by atoms with Gasteiger partial charge in [0.2, 0.25) is 5.91 Å². The van der Waals surface area contributed by atoms with Crippen LogP contribution < -0.4 is 10.2 Å². The van der Waals surface area contributed by atoms with Crippen LogP contribution in [0.2, 0.25) is 5.02 Å². The normalized spacial score (nSPS) is 13.6. The van der Waals surface area contributed by atoms with Crippen LogP contribution in [0.4, 0.5) is 11.4 Å². The monoisotopic (exact) mass is 525 g/mol. The van der Waals surface area contributed by atoms with Gasteiger partial charge in [-0.15, -0.1) is 0 Å². The van der Waals surface area contributed by atoms with Gasteiger partial charge < -0.3 is 19.5 Å². The molecule has 2 amide bonds. The third kappa shape index (κ3) is 5.98. The van der Waals surface area contributed by atoms with E-state index in [1.54, 1.807) is 18.2 Å². The number of hydrogen-bond acceptors (Lipinski definition) is 4. The molecule has 0 radical (unpaired) electrons. The van der Waals surface area contributed by atoms with E-state index >= 15 is 0 Å². The zero-order chi connectivity index (χ0) is 26.5. The molecule has 1 aromatic heterocycles. The number of amides is 2. The van der Waals surface area contributed by atoms with E-state index in [0.717, 1.165) is 35.5 Å². The lowest BCUT2D eigenvalue weighted by atomic mass is 10.1. The number of benzene rings is 3. The van der Waals surface area contributed by atoms with Gasteiger partial charge in [0, 0.05) is 59.8 Å². The lowest BCUT2D eigenvalue weighted by molar-refractivity contribution is -0.111. The SMILES string of the molecule is Cc1ccccc1C(=O)N1CCN(c2ccc(NC(=O)C=Cc3ccc(-c4ccc(Cl)cc4)o3)cc2)CC1. The first kappa shape index (κ1) is 25.4. The van der Waals surface area contributed by atoms with Crippen molar-refractivity contribution in [2.45, 2.75) is 6.92 Å². The van der Waals surface area contributed by atoms with Crippen molar-refractivity contribution in [3.05, 3.63) is 113 Å². The Morgan fingerprint density at radius 1 is 0.868 bits per heavy atom. The topological polar surface area (TPSA) is 65.8 Å². The van der Waals surface area contributed by atoms with Crippen LogP contribution in [0.25, 0.3) is 17.4 Å². The van der Waals surface area contributed by atoms with Crippen molar-refractivity contribution in [3.8, 4) is 11.3 Å². The highest BCUT2D eigenvalue weighted by atomic mass is 35.5. The van der Waals surface area contributed by atoms with Crippen LogP contribution in [0.3, 0.4) is 0 Å². The molecule has 0 spiro atoms. The summed E-state index contributed by atoms with van der Waals surface area (Å²) in [6.45, 7) is 4.82. The van der Waals surface area contributed by atoms with Crippen LogP contribution in [0.15, 0.2) is 95.4 Å². The molecular formula is C31H28ClN3O3. The standard InChI is InChI=1S/C31H28ClN3O3/c1-22-4-2-3-5-28(22)31(37)35-20-18-34(19-21-35)26-12-10-25(11-13-26)33-30(36)17-15-27-14-16-29(38-27)23-6-8-24(32)9-7-23/h2-17H,18-21H2,1H3,(H,33,36). The molecule has 4 aromatic rings. The van der Waals surface area contributed by atoms with Crippen molar-refractivity contribution in [3.63, 3.8) is 0 Å². The van der Waals surface area contributed by atoms with Gasteiger partial charge in [0.05, 0.1) is 0 Å². The second kappa shape index (κ2) is 11.4. The molecule has 0 saturated carbocycles. The third-order valence-electron chi connectivity index (χ3n) is 6.60. The van der Waals surface area contributed by atoms with Crippen LogP contribution in [0.1, 0.15) is 21.7 Å². The Labute approximate surface area is 227 Å². The van der Waals surface area contributed by atoms with Gasteiger partial charge in [0.15, 0.2) is 0 Å². The molecule has 1 aliphatic rings. The van der Waals surface area contributed by atoms with Crippen LogP contribution in [-0.2, 0) is 4.79 Å². The number of nitrogens with one attached hydrogen (secondary N) is 1. The fourth-order valence-electron chi connectivity index (χ4n) is 4.46. The zero-order valence-electron chi connectivity index (χ0n) is 21.1. The summed E-state index contributed by atoms with van der Waals surface area (Å²) in [5.74, 6) is 1.13.